The van der Waals surface area contributed by atoms with E-state index in [9.17, 15) is 0 Å². The summed E-state index contributed by atoms with van der Waals surface area (Å²) in [5.74, 6) is 1.13. The number of halogens is 1. The maximum atomic E-state index is 6.05. The normalized spacial score (nSPS) is 14.3. The highest BCUT2D eigenvalue weighted by Crippen LogP contribution is 2.32. The van der Waals surface area contributed by atoms with Gasteiger partial charge in [0.25, 0.3) is 0 Å². The van der Waals surface area contributed by atoms with Crippen molar-refractivity contribution in [3.63, 3.8) is 0 Å². The van der Waals surface area contributed by atoms with Crippen molar-refractivity contribution in [2.75, 3.05) is 5.73 Å². The van der Waals surface area contributed by atoms with Crippen LogP contribution in [0, 0.1) is 5.92 Å². The van der Waals surface area contributed by atoms with Crippen molar-refractivity contribution in [1.29, 1.82) is 0 Å². The van der Waals surface area contributed by atoms with Gasteiger partial charge in [-0.25, -0.2) is 4.68 Å². The van der Waals surface area contributed by atoms with Gasteiger partial charge in [-0.1, -0.05) is 37.9 Å². The molecule has 1 aromatic heterocycles. The summed E-state index contributed by atoms with van der Waals surface area (Å²) < 4.78 is 1.82. The van der Waals surface area contributed by atoms with E-state index in [1.165, 1.54) is 0 Å². The van der Waals surface area contributed by atoms with Gasteiger partial charge in [-0.2, -0.15) is 0 Å². The Kier molecular flexibility index (Phi) is 4.04. The third-order valence-electron chi connectivity index (χ3n) is 3.64. The number of aromatic nitrogens is 4. The average molecular weight is 280 g/mol. The molecule has 2 rings (SSSR count). The minimum atomic E-state index is 0.202. The number of para-hydroxylation sites is 1. The van der Waals surface area contributed by atoms with E-state index >= 15 is 0 Å². The summed E-state index contributed by atoms with van der Waals surface area (Å²) in [6, 6.07) is 5.69. The van der Waals surface area contributed by atoms with Crippen LogP contribution in [0.4, 0.5) is 5.69 Å². The van der Waals surface area contributed by atoms with Crippen LogP contribution in [0.5, 0.6) is 0 Å². The van der Waals surface area contributed by atoms with Crippen LogP contribution < -0.4 is 5.73 Å². The first-order valence-electron chi connectivity index (χ1n) is 6.38. The topological polar surface area (TPSA) is 69.6 Å². The lowest BCUT2D eigenvalue weighted by atomic mass is 10.0. The number of hydrogen-bond donors (Lipinski definition) is 1. The van der Waals surface area contributed by atoms with Crippen LogP contribution in [0.1, 0.15) is 33.2 Å². The lowest BCUT2D eigenvalue weighted by molar-refractivity contribution is 0.340. The van der Waals surface area contributed by atoms with Gasteiger partial charge in [-0.05, 0) is 35.4 Å². The molecule has 0 aliphatic carbocycles. The molecule has 2 N–H and O–H groups in total. The molecule has 0 bridgehead atoms. The molecular weight excluding hydrogens is 262 g/mol. The summed E-state index contributed by atoms with van der Waals surface area (Å²) in [5.41, 5.74) is 7.29. The van der Waals surface area contributed by atoms with Crippen molar-refractivity contribution in [3.8, 4) is 11.4 Å². The van der Waals surface area contributed by atoms with Crippen molar-refractivity contribution < 1.29 is 0 Å². The maximum Gasteiger partial charge on any atom is 0.184 e. The molecule has 1 heterocycles. The number of hydrogen-bond acceptors (Lipinski definition) is 4. The van der Waals surface area contributed by atoms with Gasteiger partial charge in [0, 0.05) is 5.56 Å². The second kappa shape index (κ2) is 5.57. The van der Waals surface area contributed by atoms with E-state index in [1.54, 1.807) is 6.07 Å². The molecule has 19 heavy (non-hydrogen) atoms. The highest BCUT2D eigenvalue weighted by atomic mass is 35.5. The predicted octanol–water partition coefficient (Wildman–Crippen LogP) is 3.18. The number of nitrogens with zero attached hydrogens (tertiary/aromatic N) is 4. The molecular formula is C13H18ClN5. The molecule has 0 aliphatic rings. The number of anilines is 1. The lowest BCUT2D eigenvalue weighted by Gasteiger charge is -2.19. The Balaban J connectivity index is 2.47. The quantitative estimate of drug-likeness (QED) is 0.873. The van der Waals surface area contributed by atoms with Crippen molar-refractivity contribution in [1.82, 2.24) is 20.2 Å². The van der Waals surface area contributed by atoms with Crippen LogP contribution >= 0.6 is 11.6 Å². The van der Waals surface area contributed by atoms with Crippen LogP contribution in [0.2, 0.25) is 5.02 Å². The first-order chi connectivity index (χ1) is 9.06. The highest BCUT2D eigenvalue weighted by Gasteiger charge is 2.20. The van der Waals surface area contributed by atoms with Crippen LogP contribution in [0.15, 0.2) is 18.2 Å². The Morgan fingerprint density at radius 1 is 1.37 bits per heavy atom. The Bertz CT molecular complexity index is 566. The molecule has 0 fully saturated rings. The molecule has 5 nitrogen and oxygen atoms in total. The zero-order chi connectivity index (χ0) is 14.0. The second-order valence-corrected chi connectivity index (χ2v) is 5.18. The molecule has 2 unspecified atom stereocenters. The maximum absolute atomic E-state index is 6.05. The third-order valence-corrected chi connectivity index (χ3v) is 3.97. The number of nitrogen functional groups attached to an aromatic ring is 1. The monoisotopic (exact) mass is 279 g/mol. The average Bonchev–Trinajstić information content (AvgIpc) is 2.89. The molecule has 102 valence electrons. The van der Waals surface area contributed by atoms with Gasteiger partial charge >= 0.3 is 0 Å². The van der Waals surface area contributed by atoms with E-state index in [1.807, 2.05) is 16.8 Å². The van der Waals surface area contributed by atoms with Crippen LogP contribution in [0.25, 0.3) is 11.4 Å². The summed E-state index contributed by atoms with van der Waals surface area (Å²) in [4.78, 5) is 0. The van der Waals surface area contributed by atoms with Crippen LogP contribution in [-0.2, 0) is 0 Å². The van der Waals surface area contributed by atoms with E-state index in [0.717, 1.165) is 12.0 Å². The Morgan fingerprint density at radius 2 is 2.11 bits per heavy atom. The van der Waals surface area contributed by atoms with Crippen LogP contribution in [-0.4, -0.2) is 20.2 Å². The number of rotatable bonds is 4. The molecule has 2 aromatic rings. The van der Waals surface area contributed by atoms with E-state index in [4.69, 9.17) is 17.3 Å². The predicted molar refractivity (Wildman–Crippen MR) is 76.8 cm³/mol. The van der Waals surface area contributed by atoms with Crippen molar-refractivity contribution in [3.05, 3.63) is 23.2 Å². The summed E-state index contributed by atoms with van der Waals surface area (Å²) in [5, 5.41) is 12.5. The zero-order valence-corrected chi connectivity index (χ0v) is 12.1. The van der Waals surface area contributed by atoms with Crippen molar-refractivity contribution in [2.45, 2.75) is 33.2 Å². The Hall–Kier alpha value is -1.62. The SMILES string of the molecule is CCC(C)C(C)n1nnnc1-c1cccc(Cl)c1N. The van der Waals surface area contributed by atoms with E-state index < -0.39 is 0 Å². The van der Waals surface area contributed by atoms with Gasteiger partial charge in [0.05, 0.1) is 16.8 Å². The largest absolute Gasteiger partial charge is 0.397 e. The van der Waals surface area contributed by atoms with E-state index in [-0.39, 0.29) is 6.04 Å². The van der Waals surface area contributed by atoms with Gasteiger partial charge in [0.1, 0.15) is 0 Å². The molecule has 2 atom stereocenters. The van der Waals surface area contributed by atoms with E-state index in [0.29, 0.717) is 22.5 Å². The summed E-state index contributed by atoms with van der Waals surface area (Å²) in [7, 11) is 0. The summed E-state index contributed by atoms with van der Waals surface area (Å²) in [6.07, 6.45) is 1.06. The molecule has 0 saturated heterocycles. The van der Waals surface area contributed by atoms with Crippen LogP contribution in [0.3, 0.4) is 0 Å². The Morgan fingerprint density at radius 3 is 2.79 bits per heavy atom. The number of nitrogens with two attached hydrogens (primary N) is 1. The second-order valence-electron chi connectivity index (χ2n) is 4.77. The third kappa shape index (κ3) is 2.56. The first-order valence-corrected chi connectivity index (χ1v) is 6.76. The van der Waals surface area contributed by atoms with Gasteiger partial charge < -0.3 is 5.73 Å². The van der Waals surface area contributed by atoms with E-state index in [2.05, 4.69) is 36.3 Å². The zero-order valence-electron chi connectivity index (χ0n) is 11.3. The molecule has 6 heteroatoms. The van der Waals surface area contributed by atoms with Gasteiger partial charge in [-0.3, -0.25) is 0 Å². The summed E-state index contributed by atoms with van der Waals surface area (Å²) in [6.45, 7) is 6.44. The summed E-state index contributed by atoms with van der Waals surface area (Å²) >= 11 is 6.05. The highest BCUT2D eigenvalue weighted by molar-refractivity contribution is 6.33. The van der Waals surface area contributed by atoms with Gasteiger partial charge in [-0.15, -0.1) is 5.10 Å². The van der Waals surface area contributed by atoms with Gasteiger partial charge in [0.2, 0.25) is 0 Å². The number of benzene rings is 1. The smallest absolute Gasteiger partial charge is 0.184 e. The molecule has 0 amide bonds. The minimum absolute atomic E-state index is 0.202. The molecule has 0 radical (unpaired) electrons. The molecule has 1 aromatic carbocycles. The fraction of sp³-hybridized carbons (Fsp3) is 0.462. The molecule has 0 spiro atoms. The number of tetrazole rings is 1. The Labute approximate surface area is 117 Å². The minimum Gasteiger partial charge on any atom is -0.397 e. The first kappa shape index (κ1) is 13.8. The molecule has 0 aliphatic heterocycles. The standard InChI is InChI=1S/C13H18ClN5/c1-4-8(2)9(3)19-13(16-17-18-19)10-6-5-7-11(14)12(10)15/h5-9H,4,15H2,1-3H3. The fourth-order valence-electron chi connectivity index (χ4n) is 1.96. The molecule has 0 saturated carbocycles. The lowest BCUT2D eigenvalue weighted by Crippen LogP contribution is -2.16. The van der Waals surface area contributed by atoms with Crippen molar-refractivity contribution in [2.24, 2.45) is 5.92 Å². The fourth-order valence-corrected chi connectivity index (χ4v) is 2.13. The van der Waals surface area contributed by atoms with Crippen molar-refractivity contribution >= 4 is 17.3 Å². The van der Waals surface area contributed by atoms with Gasteiger partial charge in [0.15, 0.2) is 5.82 Å².